The Morgan fingerprint density at radius 3 is 2.67 bits per heavy atom. The number of hydrogen-bond acceptors (Lipinski definition) is 3. The van der Waals surface area contributed by atoms with Crippen LogP contribution in [0.1, 0.15) is 26.2 Å². The van der Waals surface area contributed by atoms with Crippen molar-refractivity contribution in [1.29, 1.82) is 0 Å². The molecule has 0 bridgehead atoms. The maximum Gasteiger partial charge on any atom is 0.0483 e. The lowest BCUT2D eigenvalue weighted by atomic mass is 9.89. The summed E-state index contributed by atoms with van der Waals surface area (Å²) in [6, 6.07) is 0. The third kappa shape index (κ3) is 3.33. The Morgan fingerprint density at radius 1 is 1.42 bits per heavy atom. The molecule has 1 aliphatic rings. The molecule has 0 atom stereocenters. The molecule has 72 valence electrons. The number of thioether (sulfide) groups is 1. The van der Waals surface area contributed by atoms with Crippen LogP contribution in [0, 0.1) is 0 Å². The minimum atomic E-state index is 0.0838. The summed E-state index contributed by atoms with van der Waals surface area (Å²) in [5.41, 5.74) is 6.29. The molecule has 12 heavy (non-hydrogen) atoms. The van der Waals surface area contributed by atoms with Crippen molar-refractivity contribution in [3.8, 4) is 0 Å². The highest BCUT2D eigenvalue weighted by Crippen LogP contribution is 2.23. The Labute approximate surface area is 79.2 Å². The van der Waals surface area contributed by atoms with Crippen LogP contribution >= 0.6 is 11.8 Å². The summed E-state index contributed by atoms with van der Waals surface area (Å²) in [4.78, 5) is 0. The van der Waals surface area contributed by atoms with Crippen LogP contribution in [0.15, 0.2) is 0 Å². The van der Waals surface area contributed by atoms with E-state index in [9.17, 15) is 0 Å². The van der Waals surface area contributed by atoms with Gasteiger partial charge in [0.05, 0.1) is 0 Å². The summed E-state index contributed by atoms with van der Waals surface area (Å²) in [5.74, 6) is 2.40. The second kappa shape index (κ2) is 5.10. The molecule has 0 aliphatic carbocycles. The Morgan fingerprint density at radius 2 is 2.08 bits per heavy atom. The maximum absolute atomic E-state index is 6.21. The first-order valence-corrected chi connectivity index (χ1v) is 5.87. The van der Waals surface area contributed by atoms with Crippen LogP contribution in [-0.4, -0.2) is 30.3 Å². The molecular weight excluding hydrogens is 170 g/mol. The smallest absolute Gasteiger partial charge is 0.0483 e. The van der Waals surface area contributed by atoms with Gasteiger partial charge in [0, 0.05) is 18.8 Å². The van der Waals surface area contributed by atoms with Gasteiger partial charge in [-0.25, -0.2) is 0 Å². The van der Waals surface area contributed by atoms with Crippen LogP contribution in [0.5, 0.6) is 0 Å². The van der Waals surface area contributed by atoms with Gasteiger partial charge in [0.15, 0.2) is 0 Å². The van der Waals surface area contributed by atoms with E-state index in [1.54, 1.807) is 0 Å². The molecule has 0 aromatic heterocycles. The third-order valence-corrected chi connectivity index (χ3v) is 3.34. The summed E-state index contributed by atoms with van der Waals surface area (Å²) in [7, 11) is 0. The highest BCUT2D eigenvalue weighted by atomic mass is 32.2. The van der Waals surface area contributed by atoms with E-state index in [1.165, 1.54) is 11.5 Å². The minimum absolute atomic E-state index is 0.0838. The van der Waals surface area contributed by atoms with Crippen LogP contribution in [0.25, 0.3) is 0 Å². The molecule has 0 saturated carbocycles. The quantitative estimate of drug-likeness (QED) is 0.683. The van der Waals surface area contributed by atoms with Gasteiger partial charge in [0.1, 0.15) is 0 Å². The van der Waals surface area contributed by atoms with Gasteiger partial charge in [-0.3, -0.25) is 0 Å². The zero-order valence-corrected chi connectivity index (χ0v) is 8.66. The van der Waals surface area contributed by atoms with Crippen molar-refractivity contribution in [2.75, 3.05) is 24.7 Å². The maximum atomic E-state index is 6.21. The molecule has 1 heterocycles. The van der Waals surface area contributed by atoms with Gasteiger partial charge in [-0.2, -0.15) is 11.8 Å². The first-order valence-electron chi connectivity index (χ1n) is 4.71. The Bertz CT molecular complexity index is 124. The lowest BCUT2D eigenvalue weighted by Gasteiger charge is -2.33. The molecule has 2 N–H and O–H groups in total. The van der Waals surface area contributed by atoms with Crippen molar-refractivity contribution in [1.82, 2.24) is 0 Å². The molecule has 3 heteroatoms. The second-order valence-electron chi connectivity index (χ2n) is 3.42. The van der Waals surface area contributed by atoms with Crippen molar-refractivity contribution in [2.45, 2.75) is 31.7 Å². The Kier molecular flexibility index (Phi) is 4.40. The van der Waals surface area contributed by atoms with Gasteiger partial charge in [0.2, 0.25) is 0 Å². The Balaban J connectivity index is 2.17. The van der Waals surface area contributed by atoms with E-state index in [0.29, 0.717) is 0 Å². The third-order valence-electron chi connectivity index (χ3n) is 2.44. The van der Waals surface area contributed by atoms with Crippen molar-refractivity contribution in [3.63, 3.8) is 0 Å². The molecule has 0 amide bonds. The van der Waals surface area contributed by atoms with Gasteiger partial charge in [0.25, 0.3) is 0 Å². The molecule has 0 unspecified atom stereocenters. The van der Waals surface area contributed by atoms with Gasteiger partial charge in [-0.1, -0.05) is 6.92 Å². The molecule has 1 rings (SSSR count). The molecular formula is C9H19NOS. The highest BCUT2D eigenvalue weighted by Gasteiger charge is 2.26. The van der Waals surface area contributed by atoms with Gasteiger partial charge < -0.3 is 10.5 Å². The van der Waals surface area contributed by atoms with Gasteiger partial charge in [-0.05, 0) is 30.8 Å². The fourth-order valence-corrected chi connectivity index (χ4v) is 2.29. The minimum Gasteiger partial charge on any atom is -0.381 e. The van der Waals surface area contributed by atoms with Crippen molar-refractivity contribution in [2.24, 2.45) is 5.73 Å². The fraction of sp³-hybridized carbons (Fsp3) is 1.00. The van der Waals surface area contributed by atoms with Gasteiger partial charge in [-0.15, -0.1) is 0 Å². The topological polar surface area (TPSA) is 35.2 Å². The summed E-state index contributed by atoms with van der Waals surface area (Å²) in [5, 5.41) is 0. The molecule has 2 nitrogen and oxygen atoms in total. The second-order valence-corrected chi connectivity index (χ2v) is 4.82. The molecule has 0 spiro atoms. The average molecular weight is 189 g/mol. The lowest BCUT2D eigenvalue weighted by Crippen LogP contribution is -2.45. The van der Waals surface area contributed by atoms with Crippen molar-refractivity contribution in [3.05, 3.63) is 0 Å². The van der Waals surface area contributed by atoms with E-state index in [2.05, 4.69) is 6.92 Å². The van der Waals surface area contributed by atoms with E-state index in [0.717, 1.165) is 32.5 Å². The first kappa shape index (κ1) is 10.4. The summed E-state index contributed by atoms with van der Waals surface area (Å²) in [6.07, 6.45) is 3.23. The predicted molar refractivity (Wildman–Crippen MR) is 54.6 cm³/mol. The SMILES string of the molecule is CCSCCC1(N)CCOCC1. The first-order chi connectivity index (χ1) is 5.77. The van der Waals surface area contributed by atoms with Gasteiger partial charge >= 0.3 is 0 Å². The molecule has 0 aromatic carbocycles. The van der Waals surface area contributed by atoms with E-state index >= 15 is 0 Å². The zero-order valence-electron chi connectivity index (χ0n) is 7.84. The number of hydrogen-bond donors (Lipinski definition) is 1. The Hall–Kier alpha value is 0.270. The largest absolute Gasteiger partial charge is 0.381 e. The van der Waals surface area contributed by atoms with Crippen LogP contribution in [0.3, 0.4) is 0 Å². The standard InChI is InChI=1S/C9H19NOS/c1-2-12-8-5-9(10)3-6-11-7-4-9/h2-8,10H2,1H3. The number of rotatable bonds is 4. The van der Waals surface area contributed by atoms with Crippen molar-refractivity contribution < 1.29 is 4.74 Å². The number of nitrogens with two attached hydrogens (primary N) is 1. The lowest BCUT2D eigenvalue weighted by molar-refractivity contribution is 0.0523. The highest BCUT2D eigenvalue weighted by molar-refractivity contribution is 7.99. The van der Waals surface area contributed by atoms with E-state index in [4.69, 9.17) is 10.5 Å². The summed E-state index contributed by atoms with van der Waals surface area (Å²) < 4.78 is 5.28. The van der Waals surface area contributed by atoms with E-state index < -0.39 is 0 Å². The zero-order chi connectivity index (χ0) is 8.86. The number of ether oxygens (including phenoxy) is 1. The van der Waals surface area contributed by atoms with E-state index in [1.807, 2.05) is 11.8 Å². The molecule has 0 aromatic rings. The van der Waals surface area contributed by atoms with Crippen LogP contribution in [0.4, 0.5) is 0 Å². The monoisotopic (exact) mass is 189 g/mol. The van der Waals surface area contributed by atoms with Crippen LogP contribution < -0.4 is 5.73 Å². The van der Waals surface area contributed by atoms with Crippen molar-refractivity contribution >= 4 is 11.8 Å². The molecule has 1 saturated heterocycles. The van der Waals surface area contributed by atoms with E-state index in [-0.39, 0.29) is 5.54 Å². The summed E-state index contributed by atoms with van der Waals surface area (Å²) >= 11 is 1.98. The molecule has 1 aliphatic heterocycles. The van der Waals surface area contributed by atoms with Crippen LogP contribution in [-0.2, 0) is 4.74 Å². The normalized spacial score (nSPS) is 22.5. The average Bonchev–Trinajstić information content (AvgIpc) is 2.06. The fourth-order valence-electron chi connectivity index (χ4n) is 1.45. The predicted octanol–water partition coefficient (Wildman–Crippen LogP) is 1.64. The summed E-state index contributed by atoms with van der Waals surface area (Å²) in [6.45, 7) is 3.90. The van der Waals surface area contributed by atoms with Crippen LogP contribution in [0.2, 0.25) is 0 Å². The molecule has 1 fully saturated rings. The molecule has 0 radical (unpaired) electrons.